The van der Waals surface area contributed by atoms with Crippen molar-refractivity contribution in [2.75, 3.05) is 13.7 Å². The number of carbonyl (C=O) groups is 1. The summed E-state index contributed by atoms with van der Waals surface area (Å²) in [6, 6.07) is 3.85. The Balaban J connectivity index is 2.71. The number of methoxy groups -OCH3 is 1. The molecule has 0 amide bonds. The predicted octanol–water partition coefficient (Wildman–Crippen LogP) is 2.14. The van der Waals surface area contributed by atoms with Crippen LogP contribution in [-0.2, 0) is 16.0 Å². The van der Waals surface area contributed by atoms with E-state index < -0.39 is 0 Å². The predicted molar refractivity (Wildman–Crippen MR) is 75.4 cm³/mol. The molecule has 2 N–H and O–H groups in total. The fraction of sp³-hybridized carbons (Fsp3) is 0.533. The summed E-state index contributed by atoms with van der Waals surface area (Å²) in [6.07, 6.45) is 0.911. The molecule has 0 radical (unpaired) electrons. The lowest BCUT2D eigenvalue weighted by atomic mass is 9.97. The van der Waals surface area contributed by atoms with Gasteiger partial charge >= 0.3 is 5.97 Å². The molecule has 106 valence electrons. The third-order valence-electron chi connectivity index (χ3n) is 3.07. The number of hydrogen-bond acceptors (Lipinski definition) is 4. The zero-order chi connectivity index (χ0) is 14.4. The molecule has 0 spiro atoms. The minimum absolute atomic E-state index is 0.217. The molecule has 1 rings (SSSR count). The van der Waals surface area contributed by atoms with Crippen molar-refractivity contribution < 1.29 is 14.3 Å². The Morgan fingerprint density at radius 2 is 2.00 bits per heavy atom. The molecule has 4 heteroatoms. The first kappa shape index (κ1) is 15.5. The van der Waals surface area contributed by atoms with E-state index in [2.05, 4.69) is 6.07 Å². The second-order valence-corrected chi connectivity index (χ2v) is 4.72. The zero-order valence-corrected chi connectivity index (χ0v) is 12.2. The summed E-state index contributed by atoms with van der Waals surface area (Å²) in [6.45, 7) is 6.21. The maximum absolute atomic E-state index is 11.4. The van der Waals surface area contributed by atoms with Crippen LogP contribution < -0.4 is 10.5 Å². The Hall–Kier alpha value is -1.55. The van der Waals surface area contributed by atoms with E-state index in [1.165, 1.54) is 0 Å². The average Bonchev–Trinajstić information content (AvgIpc) is 2.33. The van der Waals surface area contributed by atoms with Crippen LogP contribution in [0.3, 0.4) is 0 Å². The molecule has 1 aromatic rings. The van der Waals surface area contributed by atoms with Crippen LogP contribution in [0.1, 0.15) is 30.0 Å². The molecule has 19 heavy (non-hydrogen) atoms. The molecule has 0 bridgehead atoms. The largest absolute Gasteiger partial charge is 0.496 e. The van der Waals surface area contributed by atoms with Gasteiger partial charge in [-0.05, 0) is 49.9 Å². The Labute approximate surface area is 114 Å². The summed E-state index contributed by atoms with van der Waals surface area (Å²) in [7, 11) is 1.66. The van der Waals surface area contributed by atoms with E-state index in [-0.39, 0.29) is 18.4 Å². The van der Waals surface area contributed by atoms with Gasteiger partial charge in [0.05, 0.1) is 20.1 Å². The number of aryl methyl sites for hydroxylation is 2. The van der Waals surface area contributed by atoms with E-state index in [4.69, 9.17) is 15.2 Å². The van der Waals surface area contributed by atoms with Gasteiger partial charge < -0.3 is 15.2 Å². The van der Waals surface area contributed by atoms with Crippen LogP contribution >= 0.6 is 0 Å². The summed E-state index contributed by atoms with van der Waals surface area (Å²) in [5, 5.41) is 0. The fourth-order valence-corrected chi connectivity index (χ4v) is 2.08. The van der Waals surface area contributed by atoms with Crippen molar-refractivity contribution in [3.63, 3.8) is 0 Å². The van der Waals surface area contributed by atoms with E-state index in [1.54, 1.807) is 14.0 Å². The monoisotopic (exact) mass is 265 g/mol. The molecule has 0 aliphatic carbocycles. The molecule has 0 aromatic heterocycles. The normalized spacial score (nSPS) is 12.1. The summed E-state index contributed by atoms with van der Waals surface area (Å²) >= 11 is 0. The Kier molecular flexibility index (Phi) is 5.83. The fourth-order valence-electron chi connectivity index (χ4n) is 2.08. The van der Waals surface area contributed by atoms with Gasteiger partial charge in [0.1, 0.15) is 5.75 Å². The van der Waals surface area contributed by atoms with Crippen molar-refractivity contribution in [1.29, 1.82) is 0 Å². The maximum atomic E-state index is 11.4. The standard InChI is InChI=1S/C15H23NO3/c1-5-19-15(17)9-13(16)8-12-6-11(3)14(18-4)7-10(12)2/h6-7,13H,5,8-9,16H2,1-4H3. The minimum Gasteiger partial charge on any atom is -0.496 e. The van der Waals surface area contributed by atoms with Gasteiger partial charge in [0.15, 0.2) is 0 Å². The lowest BCUT2D eigenvalue weighted by molar-refractivity contribution is -0.143. The first-order valence-electron chi connectivity index (χ1n) is 6.53. The van der Waals surface area contributed by atoms with E-state index >= 15 is 0 Å². The Morgan fingerprint density at radius 1 is 1.32 bits per heavy atom. The van der Waals surface area contributed by atoms with Crippen LogP contribution in [0.5, 0.6) is 5.75 Å². The number of benzene rings is 1. The van der Waals surface area contributed by atoms with Crippen molar-refractivity contribution >= 4 is 5.97 Å². The third-order valence-corrected chi connectivity index (χ3v) is 3.07. The highest BCUT2D eigenvalue weighted by Crippen LogP contribution is 2.23. The molecule has 0 aliphatic rings. The third kappa shape index (κ3) is 4.56. The molecular weight excluding hydrogens is 242 g/mol. The summed E-state index contributed by atoms with van der Waals surface area (Å²) in [4.78, 5) is 11.4. The molecule has 0 saturated carbocycles. The maximum Gasteiger partial charge on any atom is 0.307 e. The van der Waals surface area contributed by atoms with Crippen molar-refractivity contribution in [3.05, 3.63) is 28.8 Å². The number of nitrogens with two attached hydrogens (primary N) is 1. The molecule has 1 unspecified atom stereocenters. The van der Waals surface area contributed by atoms with Crippen molar-refractivity contribution in [1.82, 2.24) is 0 Å². The number of carbonyl (C=O) groups excluding carboxylic acids is 1. The van der Waals surface area contributed by atoms with Gasteiger partial charge in [-0.3, -0.25) is 4.79 Å². The highest BCUT2D eigenvalue weighted by atomic mass is 16.5. The van der Waals surface area contributed by atoms with Crippen LogP contribution in [0.25, 0.3) is 0 Å². The summed E-state index contributed by atoms with van der Waals surface area (Å²) in [5.41, 5.74) is 9.34. The molecule has 4 nitrogen and oxygen atoms in total. The highest BCUT2D eigenvalue weighted by molar-refractivity contribution is 5.70. The SMILES string of the molecule is CCOC(=O)CC(N)Cc1cc(C)c(OC)cc1C. The molecule has 1 atom stereocenters. The topological polar surface area (TPSA) is 61.5 Å². The van der Waals surface area contributed by atoms with Gasteiger partial charge in [0.2, 0.25) is 0 Å². The number of rotatable bonds is 6. The summed E-state index contributed by atoms with van der Waals surface area (Å²) in [5.74, 6) is 0.637. The van der Waals surface area contributed by atoms with Gasteiger partial charge in [-0.15, -0.1) is 0 Å². The Morgan fingerprint density at radius 3 is 2.58 bits per heavy atom. The zero-order valence-electron chi connectivity index (χ0n) is 12.2. The van der Waals surface area contributed by atoms with Gasteiger partial charge in [0.25, 0.3) is 0 Å². The Bertz CT molecular complexity index is 443. The van der Waals surface area contributed by atoms with Crippen LogP contribution in [0.4, 0.5) is 0 Å². The lowest BCUT2D eigenvalue weighted by Gasteiger charge is -2.15. The van der Waals surface area contributed by atoms with E-state index in [9.17, 15) is 4.79 Å². The van der Waals surface area contributed by atoms with Crippen molar-refractivity contribution in [2.24, 2.45) is 5.73 Å². The van der Waals surface area contributed by atoms with Crippen molar-refractivity contribution in [2.45, 2.75) is 39.7 Å². The minimum atomic E-state index is -0.238. The average molecular weight is 265 g/mol. The number of ether oxygens (including phenoxy) is 2. The molecule has 1 aromatic carbocycles. The molecule has 0 fully saturated rings. The highest BCUT2D eigenvalue weighted by Gasteiger charge is 2.13. The summed E-state index contributed by atoms with van der Waals surface area (Å²) < 4.78 is 10.2. The van der Waals surface area contributed by atoms with Crippen LogP contribution in [-0.4, -0.2) is 25.7 Å². The van der Waals surface area contributed by atoms with E-state index in [0.29, 0.717) is 13.0 Å². The number of hydrogen-bond donors (Lipinski definition) is 1. The van der Waals surface area contributed by atoms with Crippen LogP contribution in [0.2, 0.25) is 0 Å². The second kappa shape index (κ2) is 7.14. The van der Waals surface area contributed by atoms with Gasteiger partial charge in [-0.1, -0.05) is 6.07 Å². The molecule has 0 heterocycles. The van der Waals surface area contributed by atoms with Crippen LogP contribution in [0.15, 0.2) is 12.1 Å². The lowest BCUT2D eigenvalue weighted by Crippen LogP contribution is -2.27. The molecule has 0 saturated heterocycles. The number of esters is 1. The van der Waals surface area contributed by atoms with Crippen LogP contribution in [0, 0.1) is 13.8 Å². The molecular formula is C15H23NO3. The van der Waals surface area contributed by atoms with Gasteiger partial charge in [0, 0.05) is 6.04 Å². The quantitative estimate of drug-likeness (QED) is 0.800. The van der Waals surface area contributed by atoms with E-state index in [1.807, 2.05) is 19.9 Å². The first-order chi connectivity index (χ1) is 8.97. The van der Waals surface area contributed by atoms with Crippen molar-refractivity contribution in [3.8, 4) is 5.75 Å². The first-order valence-corrected chi connectivity index (χ1v) is 6.53. The van der Waals surface area contributed by atoms with E-state index in [0.717, 1.165) is 22.4 Å². The van der Waals surface area contributed by atoms with Gasteiger partial charge in [-0.25, -0.2) is 0 Å². The second-order valence-electron chi connectivity index (χ2n) is 4.72. The smallest absolute Gasteiger partial charge is 0.307 e. The molecule has 0 aliphatic heterocycles. The van der Waals surface area contributed by atoms with Gasteiger partial charge in [-0.2, -0.15) is 0 Å².